The van der Waals surface area contributed by atoms with Crippen LogP contribution in [0.15, 0.2) is 12.7 Å². The maximum atomic E-state index is 11.1. The summed E-state index contributed by atoms with van der Waals surface area (Å²) < 4.78 is 0. The molecule has 3 heteroatoms. The number of carbonyl (C=O) groups excluding carboxylic acids is 1. The van der Waals surface area contributed by atoms with Crippen LogP contribution < -0.4 is 11.1 Å². The van der Waals surface area contributed by atoms with E-state index in [9.17, 15) is 4.79 Å². The molecule has 0 rings (SSSR count). The molecule has 0 aliphatic carbocycles. The van der Waals surface area contributed by atoms with E-state index in [1.54, 1.807) is 6.08 Å². The van der Waals surface area contributed by atoms with E-state index in [1.807, 2.05) is 6.92 Å². The lowest BCUT2D eigenvalue weighted by molar-refractivity contribution is -0.122. The van der Waals surface area contributed by atoms with E-state index in [2.05, 4.69) is 11.9 Å². The van der Waals surface area contributed by atoms with Gasteiger partial charge in [0.2, 0.25) is 5.91 Å². The summed E-state index contributed by atoms with van der Waals surface area (Å²) in [5.74, 6) is -0.0568. The second kappa shape index (κ2) is 6.85. The predicted octanol–water partition coefficient (Wildman–Crippen LogP) is 0.806. The Hall–Kier alpha value is -0.830. The van der Waals surface area contributed by atoms with Crippen molar-refractivity contribution in [3.05, 3.63) is 12.7 Å². The molecule has 0 spiro atoms. The lowest BCUT2D eigenvalue weighted by atomic mass is 10.2. The van der Waals surface area contributed by atoms with Crippen molar-refractivity contribution >= 4 is 5.91 Å². The van der Waals surface area contributed by atoms with E-state index < -0.39 is 0 Å². The van der Waals surface area contributed by atoms with Gasteiger partial charge in [0.05, 0.1) is 6.04 Å². The Kier molecular flexibility index (Phi) is 6.38. The summed E-state index contributed by atoms with van der Waals surface area (Å²) in [4.78, 5) is 11.1. The van der Waals surface area contributed by atoms with E-state index in [-0.39, 0.29) is 11.9 Å². The van der Waals surface area contributed by atoms with Crippen LogP contribution in [0, 0.1) is 0 Å². The molecule has 1 atom stereocenters. The van der Waals surface area contributed by atoms with Crippen LogP contribution in [0.25, 0.3) is 0 Å². The summed E-state index contributed by atoms with van der Waals surface area (Å²) in [5.41, 5.74) is 5.57. The van der Waals surface area contributed by atoms with Gasteiger partial charge in [-0.15, -0.1) is 6.58 Å². The zero-order valence-electron chi connectivity index (χ0n) is 7.68. The SMILES string of the molecule is C=CCCNC(=O)[C@@H](N)CCC. The summed E-state index contributed by atoms with van der Waals surface area (Å²) in [5, 5.41) is 2.73. The highest BCUT2D eigenvalue weighted by Crippen LogP contribution is 1.92. The van der Waals surface area contributed by atoms with E-state index in [0.717, 1.165) is 19.3 Å². The van der Waals surface area contributed by atoms with E-state index >= 15 is 0 Å². The molecule has 0 saturated carbocycles. The Bertz CT molecular complexity index is 145. The molecule has 0 aromatic rings. The average Bonchev–Trinajstić information content (AvgIpc) is 2.05. The average molecular weight is 170 g/mol. The van der Waals surface area contributed by atoms with Gasteiger partial charge in [-0.1, -0.05) is 19.4 Å². The molecule has 0 heterocycles. The molecule has 0 saturated heterocycles. The molecule has 0 bridgehead atoms. The molecule has 70 valence electrons. The van der Waals surface area contributed by atoms with E-state index in [0.29, 0.717) is 6.54 Å². The minimum Gasteiger partial charge on any atom is -0.354 e. The first-order valence-electron chi connectivity index (χ1n) is 4.36. The van der Waals surface area contributed by atoms with Crippen LogP contribution in [-0.2, 0) is 4.79 Å². The van der Waals surface area contributed by atoms with Gasteiger partial charge in [-0.25, -0.2) is 0 Å². The standard InChI is InChI=1S/C9H18N2O/c1-3-5-7-11-9(12)8(10)6-4-2/h3,8H,1,4-7,10H2,2H3,(H,11,12)/t8-/m0/s1. The Morgan fingerprint density at radius 2 is 2.42 bits per heavy atom. The highest BCUT2D eigenvalue weighted by atomic mass is 16.2. The van der Waals surface area contributed by atoms with Crippen molar-refractivity contribution in [2.45, 2.75) is 32.2 Å². The fourth-order valence-electron chi connectivity index (χ4n) is 0.871. The molecule has 0 radical (unpaired) electrons. The van der Waals surface area contributed by atoms with Crippen LogP contribution in [0.5, 0.6) is 0 Å². The van der Waals surface area contributed by atoms with Crippen molar-refractivity contribution in [3.63, 3.8) is 0 Å². The summed E-state index contributed by atoms with van der Waals surface area (Å²) in [6.45, 7) is 6.21. The van der Waals surface area contributed by atoms with Crippen molar-refractivity contribution in [1.82, 2.24) is 5.32 Å². The van der Waals surface area contributed by atoms with Gasteiger partial charge in [-0.05, 0) is 12.8 Å². The van der Waals surface area contributed by atoms with Crippen LogP contribution in [-0.4, -0.2) is 18.5 Å². The third kappa shape index (κ3) is 4.91. The van der Waals surface area contributed by atoms with Crippen LogP contribution in [0.2, 0.25) is 0 Å². The van der Waals surface area contributed by atoms with E-state index in [1.165, 1.54) is 0 Å². The molecule has 0 aliphatic rings. The Morgan fingerprint density at radius 3 is 2.92 bits per heavy atom. The summed E-state index contributed by atoms with van der Waals surface area (Å²) in [6.07, 6.45) is 4.26. The first-order valence-corrected chi connectivity index (χ1v) is 4.36. The van der Waals surface area contributed by atoms with Gasteiger partial charge >= 0.3 is 0 Å². The molecular weight excluding hydrogens is 152 g/mol. The lowest BCUT2D eigenvalue weighted by Crippen LogP contribution is -2.40. The van der Waals surface area contributed by atoms with Gasteiger partial charge < -0.3 is 11.1 Å². The summed E-state index contributed by atoms with van der Waals surface area (Å²) >= 11 is 0. The van der Waals surface area contributed by atoms with Crippen molar-refractivity contribution in [2.75, 3.05) is 6.54 Å². The third-order valence-electron chi connectivity index (χ3n) is 1.58. The molecule has 0 aromatic heterocycles. The highest BCUT2D eigenvalue weighted by Gasteiger charge is 2.09. The number of nitrogens with one attached hydrogen (secondary N) is 1. The smallest absolute Gasteiger partial charge is 0.236 e. The second-order valence-corrected chi connectivity index (χ2v) is 2.76. The normalized spacial score (nSPS) is 12.2. The number of hydrogen-bond acceptors (Lipinski definition) is 2. The minimum atomic E-state index is -0.347. The third-order valence-corrected chi connectivity index (χ3v) is 1.58. The Morgan fingerprint density at radius 1 is 1.75 bits per heavy atom. The monoisotopic (exact) mass is 170 g/mol. The van der Waals surface area contributed by atoms with Gasteiger partial charge in [0.1, 0.15) is 0 Å². The van der Waals surface area contributed by atoms with Gasteiger partial charge in [0, 0.05) is 6.54 Å². The molecule has 0 aliphatic heterocycles. The van der Waals surface area contributed by atoms with Crippen molar-refractivity contribution in [1.29, 1.82) is 0 Å². The minimum absolute atomic E-state index is 0.0568. The number of amides is 1. The maximum Gasteiger partial charge on any atom is 0.236 e. The Labute approximate surface area is 74.0 Å². The molecule has 3 nitrogen and oxygen atoms in total. The van der Waals surface area contributed by atoms with Gasteiger partial charge in [-0.3, -0.25) is 4.79 Å². The Balaban J connectivity index is 3.49. The number of hydrogen-bond donors (Lipinski definition) is 2. The zero-order valence-corrected chi connectivity index (χ0v) is 7.68. The summed E-state index contributed by atoms with van der Waals surface area (Å²) in [6, 6.07) is -0.347. The zero-order chi connectivity index (χ0) is 9.40. The molecular formula is C9H18N2O. The second-order valence-electron chi connectivity index (χ2n) is 2.76. The van der Waals surface area contributed by atoms with Gasteiger partial charge in [0.25, 0.3) is 0 Å². The van der Waals surface area contributed by atoms with Crippen LogP contribution in [0.1, 0.15) is 26.2 Å². The summed E-state index contributed by atoms with van der Waals surface area (Å²) in [7, 11) is 0. The van der Waals surface area contributed by atoms with Gasteiger partial charge in [0.15, 0.2) is 0 Å². The quantitative estimate of drug-likeness (QED) is 0.458. The molecule has 12 heavy (non-hydrogen) atoms. The van der Waals surface area contributed by atoms with Crippen LogP contribution >= 0.6 is 0 Å². The molecule has 3 N–H and O–H groups in total. The van der Waals surface area contributed by atoms with Crippen molar-refractivity contribution < 1.29 is 4.79 Å². The van der Waals surface area contributed by atoms with Crippen LogP contribution in [0.3, 0.4) is 0 Å². The van der Waals surface area contributed by atoms with Crippen molar-refractivity contribution in [2.24, 2.45) is 5.73 Å². The first kappa shape index (κ1) is 11.2. The number of carbonyl (C=O) groups is 1. The van der Waals surface area contributed by atoms with E-state index in [4.69, 9.17) is 5.73 Å². The fraction of sp³-hybridized carbons (Fsp3) is 0.667. The molecule has 1 amide bonds. The van der Waals surface area contributed by atoms with Crippen molar-refractivity contribution in [3.8, 4) is 0 Å². The fourth-order valence-corrected chi connectivity index (χ4v) is 0.871. The van der Waals surface area contributed by atoms with Crippen LogP contribution in [0.4, 0.5) is 0 Å². The number of rotatable bonds is 6. The highest BCUT2D eigenvalue weighted by molar-refractivity contribution is 5.81. The molecule has 0 fully saturated rings. The first-order chi connectivity index (χ1) is 5.72. The van der Waals surface area contributed by atoms with Gasteiger partial charge in [-0.2, -0.15) is 0 Å². The maximum absolute atomic E-state index is 11.1. The largest absolute Gasteiger partial charge is 0.354 e. The topological polar surface area (TPSA) is 55.1 Å². The molecule has 0 aromatic carbocycles. The lowest BCUT2D eigenvalue weighted by Gasteiger charge is -2.09. The molecule has 0 unspecified atom stereocenters. The number of nitrogens with two attached hydrogens (primary N) is 1. The predicted molar refractivity (Wildman–Crippen MR) is 50.7 cm³/mol.